The summed E-state index contributed by atoms with van der Waals surface area (Å²) in [6.45, 7) is 6.25. The van der Waals surface area contributed by atoms with Crippen molar-refractivity contribution < 1.29 is 14.1 Å². The van der Waals surface area contributed by atoms with E-state index >= 15 is 0 Å². The van der Waals surface area contributed by atoms with Gasteiger partial charge in [0.15, 0.2) is 0 Å². The van der Waals surface area contributed by atoms with Crippen LogP contribution >= 0.6 is 0 Å². The van der Waals surface area contributed by atoms with Crippen LogP contribution in [0.4, 0.5) is 0 Å². The number of carbonyl (C=O) groups excluding carboxylic acids is 1. The number of methoxy groups -OCH3 is 1. The first-order valence-electron chi connectivity index (χ1n) is 5.28. The molecule has 0 aromatic carbocycles. The Bertz CT molecular complexity index is 347. The monoisotopic (exact) mass is 226 g/mol. The first-order chi connectivity index (χ1) is 7.54. The molecule has 0 amide bonds. The summed E-state index contributed by atoms with van der Waals surface area (Å²) in [6, 6.07) is 1.52. The van der Waals surface area contributed by atoms with Gasteiger partial charge in [0.2, 0.25) is 0 Å². The Kier molecular flexibility index (Phi) is 4.49. The van der Waals surface area contributed by atoms with Gasteiger partial charge in [-0.05, 0) is 12.8 Å². The summed E-state index contributed by atoms with van der Waals surface area (Å²) in [6.07, 6.45) is 0. The summed E-state index contributed by atoms with van der Waals surface area (Å²) < 4.78 is 9.66. The molecule has 1 rings (SSSR count). The number of carbonyl (C=O) groups is 1. The van der Waals surface area contributed by atoms with Gasteiger partial charge >= 0.3 is 5.97 Å². The van der Waals surface area contributed by atoms with Crippen LogP contribution < -0.4 is 5.32 Å². The second-order valence-electron chi connectivity index (χ2n) is 4.05. The topological polar surface area (TPSA) is 64.4 Å². The van der Waals surface area contributed by atoms with Crippen LogP contribution in [-0.4, -0.2) is 24.3 Å². The average molecular weight is 226 g/mol. The van der Waals surface area contributed by atoms with Crippen molar-refractivity contribution in [3.05, 3.63) is 17.5 Å². The molecule has 0 radical (unpaired) electrons. The molecule has 90 valence electrons. The van der Waals surface area contributed by atoms with Gasteiger partial charge in [-0.1, -0.05) is 19.0 Å². The Morgan fingerprint density at radius 1 is 1.62 bits per heavy atom. The first-order valence-corrected chi connectivity index (χ1v) is 5.28. The van der Waals surface area contributed by atoms with Crippen molar-refractivity contribution in [2.75, 3.05) is 7.11 Å². The van der Waals surface area contributed by atoms with Gasteiger partial charge in [-0.15, -0.1) is 0 Å². The molecule has 0 aliphatic heterocycles. The van der Waals surface area contributed by atoms with Crippen molar-refractivity contribution in [2.24, 2.45) is 5.92 Å². The van der Waals surface area contributed by atoms with Crippen molar-refractivity contribution in [3.63, 3.8) is 0 Å². The number of hydrogen-bond donors (Lipinski definition) is 1. The molecule has 5 nitrogen and oxygen atoms in total. The van der Waals surface area contributed by atoms with Crippen LogP contribution in [0.1, 0.15) is 25.3 Å². The van der Waals surface area contributed by atoms with E-state index in [-0.39, 0.29) is 17.9 Å². The number of nitrogens with zero attached hydrogens (tertiary/aromatic N) is 1. The number of nitrogens with one attached hydrogen (secondary N) is 1. The van der Waals surface area contributed by atoms with E-state index in [4.69, 9.17) is 9.26 Å². The van der Waals surface area contributed by atoms with Crippen LogP contribution in [0.15, 0.2) is 10.6 Å². The fourth-order valence-corrected chi connectivity index (χ4v) is 1.43. The molecule has 0 saturated carbocycles. The third-order valence-electron chi connectivity index (χ3n) is 2.30. The summed E-state index contributed by atoms with van der Waals surface area (Å²) in [5.41, 5.74) is 0.784. The smallest absolute Gasteiger partial charge is 0.323 e. The minimum atomic E-state index is -0.318. The predicted molar refractivity (Wildman–Crippen MR) is 58.7 cm³/mol. The number of ether oxygens (including phenoxy) is 1. The van der Waals surface area contributed by atoms with E-state index in [1.54, 1.807) is 0 Å². The van der Waals surface area contributed by atoms with E-state index in [0.29, 0.717) is 6.54 Å². The molecule has 5 heteroatoms. The van der Waals surface area contributed by atoms with Gasteiger partial charge in [-0.25, -0.2) is 0 Å². The lowest BCUT2D eigenvalue weighted by Crippen LogP contribution is -2.41. The molecule has 0 spiro atoms. The molecule has 1 unspecified atom stereocenters. The molecule has 0 aliphatic rings. The van der Waals surface area contributed by atoms with Crippen LogP contribution in [0.3, 0.4) is 0 Å². The zero-order valence-corrected chi connectivity index (χ0v) is 10.1. The van der Waals surface area contributed by atoms with Gasteiger partial charge in [0.05, 0.1) is 12.8 Å². The van der Waals surface area contributed by atoms with Gasteiger partial charge in [-0.3, -0.25) is 10.1 Å². The summed E-state index contributed by atoms with van der Waals surface area (Å²) in [5.74, 6) is 0.673. The van der Waals surface area contributed by atoms with Crippen molar-refractivity contribution in [1.82, 2.24) is 10.5 Å². The fraction of sp³-hybridized carbons (Fsp3) is 0.636. The molecule has 0 bridgehead atoms. The zero-order chi connectivity index (χ0) is 12.1. The van der Waals surface area contributed by atoms with Crippen LogP contribution in [0.25, 0.3) is 0 Å². The SMILES string of the molecule is COC(=O)C(NCc1cc(C)on1)C(C)C. The van der Waals surface area contributed by atoms with Crippen LogP contribution in [0.5, 0.6) is 0 Å². The maximum Gasteiger partial charge on any atom is 0.323 e. The minimum absolute atomic E-state index is 0.167. The minimum Gasteiger partial charge on any atom is -0.468 e. The average Bonchev–Trinajstić information content (AvgIpc) is 2.63. The van der Waals surface area contributed by atoms with E-state index in [9.17, 15) is 4.79 Å². The summed E-state index contributed by atoms with van der Waals surface area (Å²) >= 11 is 0. The highest BCUT2D eigenvalue weighted by atomic mass is 16.5. The Hall–Kier alpha value is -1.36. The van der Waals surface area contributed by atoms with E-state index in [2.05, 4.69) is 10.5 Å². The normalized spacial score (nSPS) is 12.8. The number of aryl methyl sites for hydroxylation is 1. The Morgan fingerprint density at radius 3 is 2.75 bits per heavy atom. The summed E-state index contributed by atoms with van der Waals surface area (Å²) in [7, 11) is 1.39. The molecule has 1 atom stereocenters. The maximum atomic E-state index is 11.5. The highest BCUT2D eigenvalue weighted by Gasteiger charge is 2.22. The van der Waals surface area contributed by atoms with Crippen molar-refractivity contribution in [1.29, 1.82) is 0 Å². The van der Waals surface area contributed by atoms with Gasteiger partial charge in [0.25, 0.3) is 0 Å². The lowest BCUT2D eigenvalue weighted by atomic mass is 10.0. The third-order valence-corrected chi connectivity index (χ3v) is 2.30. The van der Waals surface area contributed by atoms with Gasteiger partial charge in [0.1, 0.15) is 11.8 Å². The standard InChI is InChI=1S/C11H18N2O3/c1-7(2)10(11(14)15-4)12-6-9-5-8(3)16-13-9/h5,7,10,12H,6H2,1-4H3. The predicted octanol–water partition coefficient (Wildman–Crippen LogP) is 1.27. The van der Waals surface area contributed by atoms with Crippen LogP contribution in [-0.2, 0) is 16.1 Å². The van der Waals surface area contributed by atoms with Gasteiger partial charge in [-0.2, -0.15) is 0 Å². The second kappa shape index (κ2) is 5.65. The molecule has 1 heterocycles. The first kappa shape index (κ1) is 12.7. The van der Waals surface area contributed by atoms with Crippen LogP contribution in [0, 0.1) is 12.8 Å². The molecule has 0 saturated heterocycles. The summed E-state index contributed by atoms with van der Waals surface area (Å²) in [4.78, 5) is 11.5. The number of esters is 1. The number of hydrogen-bond acceptors (Lipinski definition) is 5. The summed E-state index contributed by atoms with van der Waals surface area (Å²) in [5, 5.41) is 6.95. The molecule has 1 aromatic rings. The quantitative estimate of drug-likeness (QED) is 0.766. The molecule has 0 fully saturated rings. The molecule has 0 aliphatic carbocycles. The largest absolute Gasteiger partial charge is 0.468 e. The Labute approximate surface area is 95.1 Å². The van der Waals surface area contributed by atoms with E-state index in [1.807, 2.05) is 26.8 Å². The molecule has 16 heavy (non-hydrogen) atoms. The Balaban J connectivity index is 2.53. The van der Waals surface area contributed by atoms with E-state index < -0.39 is 0 Å². The molecular weight excluding hydrogens is 208 g/mol. The van der Waals surface area contributed by atoms with Crippen molar-refractivity contribution in [2.45, 2.75) is 33.4 Å². The van der Waals surface area contributed by atoms with Crippen LogP contribution in [0.2, 0.25) is 0 Å². The van der Waals surface area contributed by atoms with E-state index in [1.165, 1.54) is 7.11 Å². The molecular formula is C11H18N2O3. The lowest BCUT2D eigenvalue weighted by molar-refractivity contribution is -0.144. The highest BCUT2D eigenvalue weighted by Crippen LogP contribution is 2.06. The van der Waals surface area contributed by atoms with E-state index in [0.717, 1.165) is 11.5 Å². The maximum absolute atomic E-state index is 11.5. The number of rotatable bonds is 5. The molecule has 1 aromatic heterocycles. The van der Waals surface area contributed by atoms with Gasteiger partial charge < -0.3 is 9.26 Å². The van der Waals surface area contributed by atoms with Crippen molar-refractivity contribution >= 4 is 5.97 Å². The Morgan fingerprint density at radius 2 is 2.31 bits per heavy atom. The second-order valence-corrected chi connectivity index (χ2v) is 4.05. The zero-order valence-electron chi connectivity index (χ0n) is 10.1. The third kappa shape index (κ3) is 3.34. The lowest BCUT2D eigenvalue weighted by Gasteiger charge is -2.18. The van der Waals surface area contributed by atoms with Gasteiger partial charge in [0, 0.05) is 12.6 Å². The molecule has 1 N–H and O–H groups in total. The number of aromatic nitrogens is 1. The highest BCUT2D eigenvalue weighted by molar-refractivity contribution is 5.75. The van der Waals surface area contributed by atoms with Crippen molar-refractivity contribution in [3.8, 4) is 0 Å². The fourth-order valence-electron chi connectivity index (χ4n) is 1.43.